The smallest absolute Gasteiger partial charge is 0.218 e. The summed E-state index contributed by atoms with van der Waals surface area (Å²) in [5.41, 5.74) is 1.14. The van der Waals surface area contributed by atoms with Gasteiger partial charge in [-0.25, -0.2) is 0 Å². The number of thiazole rings is 1. The highest BCUT2D eigenvalue weighted by Crippen LogP contribution is 2.17. The summed E-state index contributed by atoms with van der Waals surface area (Å²) in [4.78, 5) is 14.7. The van der Waals surface area contributed by atoms with E-state index < -0.39 is 0 Å². The number of rotatable bonds is 0. The molecule has 1 heterocycles. The molecule has 16 heavy (non-hydrogen) atoms. The Bertz CT molecular complexity index is 492. The molecule has 0 aliphatic rings. The van der Waals surface area contributed by atoms with E-state index in [4.69, 9.17) is 12.2 Å². The molecular weight excluding hydrogens is 240 g/mol. The van der Waals surface area contributed by atoms with Gasteiger partial charge in [0, 0.05) is 21.0 Å². The molecule has 1 amide bonds. The van der Waals surface area contributed by atoms with Crippen LogP contribution in [-0.4, -0.2) is 29.9 Å². The second-order valence-electron chi connectivity index (χ2n) is 3.42. The molecular formula is C11H14N2OS2. The summed E-state index contributed by atoms with van der Waals surface area (Å²) in [5, 5.41) is 0. The van der Waals surface area contributed by atoms with Crippen molar-refractivity contribution in [1.82, 2.24) is 9.88 Å². The maximum atomic E-state index is 10.1. The number of carbonyl (C=O) groups excluding carboxylic acids is 1. The van der Waals surface area contributed by atoms with Crippen molar-refractivity contribution in [2.24, 2.45) is 0 Å². The van der Waals surface area contributed by atoms with Gasteiger partial charge >= 0.3 is 0 Å². The Morgan fingerprint density at radius 2 is 1.94 bits per heavy atom. The Labute approximate surface area is 104 Å². The minimum absolute atomic E-state index is 0.0926. The number of H-pyrrole nitrogens is 1. The first-order valence-electron chi connectivity index (χ1n) is 4.76. The molecule has 0 aliphatic carbocycles. The summed E-state index contributed by atoms with van der Waals surface area (Å²) in [5.74, 6) is 0.0926. The van der Waals surface area contributed by atoms with Crippen molar-refractivity contribution in [3.05, 3.63) is 28.2 Å². The number of aromatic amines is 1. The Morgan fingerprint density at radius 3 is 2.44 bits per heavy atom. The molecule has 0 radical (unpaired) electrons. The maximum Gasteiger partial charge on any atom is 0.218 e. The number of carbonyl (C=O) groups is 1. The van der Waals surface area contributed by atoms with Gasteiger partial charge in [0.05, 0.1) is 10.2 Å². The lowest BCUT2D eigenvalue weighted by molar-refractivity contribution is -0.126. The summed E-state index contributed by atoms with van der Waals surface area (Å²) in [6.45, 7) is 1.53. The van der Waals surface area contributed by atoms with Crippen LogP contribution in [0.25, 0.3) is 10.2 Å². The van der Waals surface area contributed by atoms with Crippen LogP contribution in [0.1, 0.15) is 6.92 Å². The summed E-state index contributed by atoms with van der Waals surface area (Å²) in [6.07, 6.45) is 0. The number of fused-ring (bicyclic) bond motifs is 1. The van der Waals surface area contributed by atoms with Crippen LogP contribution in [0, 0.1) is 3.95 Å². The first kappa shape index (κ1) is 12.9. The molecule has 0 aliphatic heterocycles. The molecule has 3 nitrogen and oxygen atoms in total. The Balaban J connectivity index is 0.000000187. The van der Waals surface area contributed by atoms with E-state index in [1.165, 1.54) is 16.5 Å². The molecule has 0 bridgehead atoms. The van der Waals surface area contributed by atoms with E-state index in [0.717, 1.165) is 9.47 Å². The van der Waals surface area contributed by atoms with Gasteiger partial charge in [0.25, 0.3) is 0 Å². The van der Waals surface area contributed by atoms with E-state index in [1.54, 1.807) is 25.4 Å². The van der Waals surface area contributed by atoms with E-state index in [0.29, 0.717) is 0 Å². The van der Waals surface area contributed by atoms with Gasteiger partial charge in [-0.1, -0.05) is 12.1 Å². The molecule has 0 atom stereocenters. The lowest BCUT2D eigenvalue weighted by Crippen LogP contribution is -2.17. The fourth-order valence-electron chi connectivity index (χ4n) is 0.894. The van der Waals surface area contributed by atoms with Crippen molar-refractivity contribution in [2.45, 2.75) is 6.92 Å². The zero-order chi connectivity index (χ0) is 12.1. The first-order valence-corrected chi connectivity index (χ1v) is 5.99. The largest absolute Gasteiger partial charge is 0.349 e. The molecule has 86 valence electrons. The molecule has 0 saturated carbocycles. The van der Waals surface area contributed by atoms with Gasteiger partial charge in [0.15, 0.2) is 3.95 Å². The maximum absolute atomic E-state index is 10.1. The Morgan fingerprint density at radius 1 is 1.38 bits per heavy atom. The normalized spacial score (nSPS) is 9.44. The van der Waals surface area contributed by atoms with Crippen molar-refractivity contribution in [3.63, 3.8) is 0 Å². The van der Waals surface area contributed by atoms with Crippen LogP contribution in [0.15, 0.2) is 24.3 Å². The van der Waals surface area contributed by atoms with Crippen LogP contribution < -0.4 is 0 Å². The van der Waals surface area contributed by atoms with Crippen LogP contribution in [0.5, 0.6) is 0 Å². The van der Waals surface area contributed by atoms with Gasteiger partial charge in [-0.2, -0.15) is 0 Å². The third-order valence-corrected chi connectivity index (χ3v) is 3.17. The van der Waals surface area contributed by atoms with Crippen LogP contribution in [-0.2, 0) is 4.79 Å². The second kappa shape index (κ2) is 5.77. The van der Waals surface area contributed by atoms with Gasteiger partial charge in [0.1, 0.15) is 0 Å². The SMILES string of the molecule is CC(=O)N(C)C.S=c1[nH]c2ccccc2s1. The van der Waals surface area contributed by atoms with Crippen molar-refractivity contribution in [2.75, 3.05) is 14.1 Å². The quantitative estimate of drug-likeness (QED) is 0.733. The highest BCUT2D eigenvalue weighted by Gasteiger charge is 1.91. The third kappa shape index (κ3) is 3.75. The Kier molecular flexibility index (Phi) is 4.64. The van der Waals surface area contributed by atoms with Crippen molar-refractivity contribution < 1.29 is 4.79 Å². The number of amides is 1. The average Bonchev–Trinajstić information content (AvgIpc) is 2.58. The fourth-order valence-corrected chi connectivity index (χ4v) is 2.01. The van der Waals surface area contributed by atoms with Crippen molar-refractivity contribution in [1.29, 1.82) is 0 Å². The van der Waals surface area contributed by atoms with Crippen molar-refractivity contribution >= 4 is 39.7 Å². The number of nitrogens with zero attached hydrogens (tertiary/aromatic N) is 1. The molecule has 1 N–H and O–H groups in total. The topological polar surface area (TPSA) is 36.1 Å². The molecule has 0 saturated heterocycles. The molecule has 0 fully saturated rings. The summed E-state index contributed by atoms with van der Waals surface area (Å²) < 4.78 is 2.08. The average molecular weight is 254 g/mol. The predicted molar refractivity (Wildman–Crippen MR) is 71.4 cm³/mol. The zero-order valence-electron chi connectivity index (χ0n) is 9.48. The molecule has 1 aromatic heterocycles. The first-order chi connectivity index (χ1) is 7.50. The molecule has 1 aromatic carbocycles. The van der Waals surface area contributed by atoms with Crippen molar-refractivity contribution in [3.8, 4) is 0 Å². The number of benzene rings is 1. The molecule has 0 spiro atoms. The number of nitrogens with one attached hydrogen (secondary N) is 1. The van der Waals surface area contributed by atoms with Gasteiger partial charge in [0.2, 0.25) is 5.91 Å². The highest BCUT2D eigenvalue weighted by molar-refractivity contribution is 7.73. The molecule has 5 heteroatoms. The van der Waals surface area contributed by atoms with Gasteiger partial charge in [-0.05, 0) is 24.4 Å². The minimum atomic E-state index is 0.0926. The van der Waals surface area contributed by atoms with Crippen LogP contribution in [0.4, 0.5) is 0 Å². The third-order valence-electron chi connectivity index (χ3n) is 1.96. The molecule has 2 rings (SSSR count). The summed E-state index contributed by atoms with van der Waals surface area (Å²) in [7, 11) is 3.45. The van der Waals surface area contributed by atoms with E-state index in [9.17, 15) is 4.79 Å². The van der Waals surface area contributed by atoms with Crippen LogP contribution in [0.3, 0.4) is 0 Å². The van der Waals surface area contributed by atoms with E-state index in [-0.39, 0.29) is 5.91 Å². The number of hydrogen-bond acceptors (Lipinski definition) is 3. The number of para-hydroxylation sites is 1. The molecule has 2 aromatic rings. The Hall–Kier alpha value is -1.20. The minimum Gasteiger partial charge on any atom is -0.349 e. The number of aromatic nitrogens is 1. The summed E-state index contributed by atoms with van der Waals surface area (Å²) >= 11 is 6.59. The van der Waals surface area contributed by atoms with Crippen LogP contribution >= 0.6 is 23.6 Å². The van der Waals surface area contributed by atoms with E-state index in [2.05, 4.69) is 11.1 Å². The lowest BCUT2D eigenvalue weighted by atomic mass is 10.3. The van der Waals surface area contributed by atoms with Gasteiger partial charge in [-0.3, -0.25) is 4.79 Å². The second-order valence-corrected chi connectivity index (χ2v) is 5.14. The van der Waals surface area contributed by atoms with Gasteiger partial charge < -0.3 is 9.88 Å². The summed E-state index contributed by atoms with van der Waals surface area (Å²) in [6, 6.07) is 8.11. The highest BCUT2D eigenvalue weighted by atomic mass is 32.1. The van der Waals surface area contributed by atoms with E-state index >= 15 is 0 Å². The standard InChI is InChI=1S/C7H5NS2.C4H9NO/c9-7-8-5-3-1-2-4-6(5)10-7;1-4(6)5(2)3/h1-4H,(H,8,9);1-3H3. The predicted octanol–water partition coefficient (Wildman–Crippen LogP) is 3.05. The molecule has 0 unspecified atom stereocenters. The fraction of sp³-hybridized carbons (Fsp3) is 0.273. The van der Waals surface area contributed by atoms with Gasteiger partial charge in [-0.15, -0.1) is 11.3 Å². The number of hydrogen-bond donors (Lipinski definition) is 1. The monoisotopic (exact) mass is 254 g/mol. The van der Waals surface area contributed by atoms with Crippen LogP contribution in [0.2, 0.25) is 0 Å². The lowest BCUT2D eigenvalue weighted by Gasteiger charge is -2.02. The van der Waals surface area contributed by atoms with E-state index in [1.807, 2.05) is 18.2 Å². The zero-order valence-corrected chi connectivity index (χ0v) is 11.1.